The molecule has 0 unspecified atom stereocenters. The molecule has 0 radical (unpaired) electrons. The highest BCUT2D eigenvalue weighted by Crippen LogP contribution is 2.26. The van der Waals surface area contributed by atoms with E-state index in [9.17, 15) is 0 Å². The number of anilines is 1. The summed E-state index contributed by atoms with van der Waals surface area (Å²) in [6, 6.07) is 13.8. The van der Waals surface area contributed by atoms with Gasteiger partial charge in [-0.2, -0.15) is 5.10 Å². The summed E-state index contributed by atoms with van der Waals surface area (Å²) in [6.45, 7) is 6.59. The summed E-state index contributed by atoms with van der Waals surface area (Å²) in [7, 11) is 0. The molecule has 0 saturated heterocycles. The Labute approximate surface area is 164 Å². The molecule has 27 heavy (non-hydrogen) atoms. The van der Waals surface area contributed by atoms with Crippen molar-refractivity contribution in [1.82, 2.24) is 14.9 Å². The predicted octanol–water partition coefficient (Wildman–Crippen LogP) is 4.24. The summed E-state index contributed by atoms with van der Waals surface area (Å²) in [5.74, 6) is 0.770. The van der Waals surface area contributed by atoms with Gasteiger partial charge in [0.2, 0.25) is 0 Å². The summed E-state index contributed by atoms with van der Waals surface area (Å²) in [4.78, 5) is 2.27. The smallest absolute Gasteiger partial charge is 0.141 e. The molecule has 0 aliphatic carbocycles. The molecule has 0 bridgehead atoms. The van der Waals surface area contributed by atoms with Crippen LogP contribution in [-0.2, 0) is 6.61 Å². The number of benzene rings is 2. The van der Waals surface area contributed by atoms with Gasteiger partial charge < -0.3 is 9.64 Å². The van der Waals surface area contributed by atoms with Crippen molar-refractivity contribution in [3.05, 3.63) is 71.3 Å². The molecule has 0 amide bonds. The lowest BCUT2D eigenvalue weighted by atomic mass is 10.1. The normalized spacial score (nSPS) is 11.1. The van der Waals surface area contributed by atoms with Gasteiger partial charge in [-0.05, 0) is 43.7 Å². The Morgan fingerprint density at radius 3 is 2.44 bits per heavy atom. The van der Waals surface area contributed by atoms with Crippen LogP contribution in [0.2, 0.25) is 5.02 Å². The lowest BCUT2D eigenvalue weighted by Gasteiger charge is -2.22. The molecular formula is C20H22ClN5O. The Balaban J connectivity index is 1.85. The predicted molar refractivity (Wildman–Crippen MR) is 109 cm³/mol. The van der Waals surface area contributed by atoms with Crippen molar-refractivity contribution in [3.63, 3.8) is 0 Å². The molecule has 0 aliphatic heterocycles. The van der Waals surface area contributed by atoms with Crippen molar-refractivity contribution >= 4 is 23.5 Å². The van der Waals surface area contributed by atoms with E-state index in [1.807, 2.05) is 30.3 Å². The van der Waals surface area contributed by atoms with E-state index in [0.717, 1.165) is 35.7 Å². The van der Waals surface area contributed by atoms with E-state index in [2.05, 4.69) is 46.2 Å². The first-order valence-corrected chi connectivity index (χ1v) is 9.22. The highest BCUT2D eigenvalue weighted by Gasteiger charge is 2.08. The van der Waals surface area contributed by atoms with E-state index in [1.54, 1.807) is 10.9 Å². The molecule has 0 saturated carbocycles. The molecule has 0 fully saturated rings. The lowest BCUT2D eigenvalue weighted by molar-refractivity contribution is 0.306. The van der Waals surface area contributed by atoms with Crippen molar-refractivity contribution in [2.24, 2.45) is 5.10 Å². The van der Waals surface area contributed by atoms with Crippen LogP contribution in [0.3, 0.4) is 0 Å². The number of ether oxygens (including phenoxy) is 1. The largest absolute Gasteiger partial charge is 0.488 e. The molecule has 0 aliphatic rings. The summed E-state index contributed by atoms with van der Waals surface area (Å²) in [5, 5.41) is 12.5. The minimum Gasteiger partial charge on any atom is -0.488 e. The van der Waals surface area contributed by atoms with Crippen molar-refractivity contribution in [2.75, 3.05) is 18.0 Å². The van der Waals surface area contributed by atoms with Crippen LogP contribution in [0, 0.1) is 0 Å². The first-order chi connectivity index (χ1) is 13.2. The zero-order valence-corrected chi connectivity index (χ0v) is 16.2. The second-order valence-electron chi connectivity index (χ2n) is 5.90. The van der Waals surface area contributed by atoms with Crippen molar-refractivity contribution < 1.29 is 4.74 Å². The molecule has 3 rings (SSSR count). The van der Waals surface area contributed by atoms with Crippen LogP contribution in [0.5, 0.6) is 5.75 Å². The monoisotopic (exact) mass is 383 g/mol. The fraction of sp³-hybridized carbons (Fsp3) is 0.250. The lowest BCUT2D eigenvalue weighted by Crippen LogP contribution is -2.21. The van der Waals surface area contributed by atoms with Gasteiger partial charge >= 0.3 is 0 Å². The third-order valence-electron chi connectivity index (χ3n) is 4.17. The van der Waals surface area contributed by atoms with Crippen molar-refractivity contribution in [2.45, 2.75) is 20.5 Å². The number of hydrogen-bond acceptors (Lipinski definition) is 5. The van der Waals surface area contributed by atoms with Crippen LogP contribution >= 0.6 is 11.6 Å². The molecule has 3 aromatic rings. The Morgan fingerprint density at radius 1 is 1.07 bits per heavy atom. The maximum Gasteiger partial charge on any atom is 0.141 e. The third kappa shape index (κ3) is 5.08. The van der Waals surface area contributed by atoms with E-state index in [0.29, 0.717) is 11.6 Å². The number of halogens is 1. The first-order valence-electron chi connectivity index (χ1n) is 8.84. The molecule has 2 aromatic carbocycles. The molecule has 1 aromatic heterocycles. The van der Waals surface area contributed by atoms with Gasteiger partial charge in [-0.15, -0.1) is 10.2 Å². The van der Waals surface area contributed by atoms with E-state index >= 15 is 0 Å². The van der Waals surface area contributed by atoms with Crippen molar-refractivity contribution in [1.29, 1.82) is 0 Å². The summed E-state index contributed by atoms with van der Waals surface area (Å²) in [6.07, 6.45) is 4.82. The van der Waals surface area contributed by atoms with Gasteiger partial charge in [0.05, 0.1) is 6.21 Å². The van der Waals surface area contributed by atoms with E-state index < -0.39 is 0 Å². The Kier molecular flexibility index (Phi) is 6.44. The summed E-state index contributed by atoms with van der Waals surface area (Å²) in [5.41, 5.74) is 3.05. The molecule has 0 spiro atoms. The first kappa shape index (κ1) is 18.9. The van der Waals surface area contributed by atoms with Crippen molar-refractivity contribution in [3.8, 4) is 5.75 Å². The van der Waals surface area contributed by atoms with Gasteiger partial charge in [0.25, 0.3) is 0 Å². The maximum absolute atomic E-state index is 6.11. The van der Waals surface area contributed by atoms with Crippen LogP contribution in [0.1, 0.15) is 25.0 Å². The van der Waals surface area contributed by atoms with Gasteiger partial charge in [0, 0.05) is 35.4 Å². The molecule has 1 heterocycles. The molecule has 0 N–H and O–H groups in total. The minimum atomic E-state index is 0.451. The average Bonchev–Trinajstić information content (AvgIpc) is 3.21. The number of aromatic nitrogens is 3. The number of nitrogens with zero attached hydrogens (tertiary/aromatic N) is 5. The van der Waals surface area contributed by atoms with Crippen LogP contribution in [-0.4, -0.2) is 34.2 Å². The van der Waals surface area contributed by atoms with Gasteiger partial charge in [0.15, 0.2) is 0 Å². The van der Waals surface area contributed by atoms with Crippen LogP contribution in [0.4, 0.5) is 5.69 Å². The fourth-order valence-electron chi connectivity index (χ4n) is 2.67. The maximum atomic E-state index is 6.11. The SMILES string of the molecule is CCN(CC)c1ccc(C=Nn2cnnc2)c(OCc2ccc(Cl)cc2)c1. The average molecular weight is 384 g/mol. The second-order valence-corrected chi connectivity index (χ2v) is 6.33. The number of hydrogen-bond donors (Lipinski definition) is 0. The molecular weight excluding hydrogens is 362 g/mol. The molecule has 140 valence electrons. The third-order valence-corrected chi connectivity index (χ3v) is 4.42. The van der Waals surface area contributed by atoms with Gasteiger partial charge in [-0.25, -0.2) is 4.68 Å². The standard InChI is InChI=1S/C20H22ClN5O/c1-3-25(4-2)19-10-7-17(12-24-26-14-22-23-15-26)20(11-19)27-13-16-5-8-18(21)9-6-16/h5-12,14-15H,3-4,13H2,1-2H3. The number of rotatable bonds is 8. The fourth-order valence-corrected chi connectivity index (χ4v) is 2.79. The summed E-state index contributed by atoms with van der Waals surface area (Å²) >= 11 is 5.96. The van der Waals surface area contributed by atoms with E-state index in [-0.39, 0.29) is 0 Å². The van der Waals surface area contributed by atoms with Crippen LogP contribution in [0.15, 0.2) is 60.2 Å². The van der Waals surface area contributed by atoms with Crippen LogP contribution in [0.25, 0.3) is 0 Å². The quantitative estimate of drug-likeness (QED) is 0.546. The zero-order chi connectivity index (χ0) is 19.1. The van der Waals surface area contributed by atoms with E-state index in [1.165, 1.54) is 12.7 Å². The summed E-state index contributed by atoms with van der Waals surface area (Å²) < 4.78 is 7.65. The molecule has 7 heteroatoms. The van der Waals surface area contributed by atoms with Crippen LogP contribution < -0.4 is 9.64 Å². The minimum absolute atomic E-state index is 0.451. The van der Waals surface area contributed by atoms with E-state index in [4.69, 9.17) is 16.3 Å². The Bertz CT molecular complexity index is 874. The highest BCUT2D eigenvalue weighted by molar-refractivity contribution is 6.30. The Morgan fingerprint density at radius 2 is 1.78 bits per heavy atom. The second kappa shape index (κ2) is 9.19. The molecule has 6 nitrogen and oxygen atoms in total. The highest BCUT2D eigenvalue weighted by atomic mass is 35.5. The topological polar surface area (TPSA) is 55.5 Å². The van der Waals surface area contributed by atoms with Gasteiger partial charge in [-0.3, -0.25) is 0 Å². The Hall–Kier alpha value is -2.86. The van der Waals surface area contributed by atoms with Gasteiger partial charge in [-0.1, -0.05) is 23.7 Å². The zero-order valence-electron chi connectivity index (χ0n) is 15.4. The van der Waals surface area contributed by atoms with Gasteiger partial charge in [0.1, 0.15) is 25.0 Å². The molecule has 0 atom stereocenters.